The maximum atomic E-state index is 5.78. The van der Waals surface area contributed by atoms with Crippen LogP contribution in [-0.2, 0) is 6.54 Å². The van der Waals surface area contributed by atoms with Gasteiger partial charge in [0.1, 0.15) is 10.7 Å². The highest BCUT2D eigenvalue weighted by atomic mass is 32.1. The zero-order valence-corrected chi connectivity index (χ0v) is 13.4. The van der Waals surface area contributed by atoms with Gasteiger partial charge in [0.15, 0.2) is 0 Å². The molecule has 1 aliphatic rings. The Kier molecular flexibility index (Phi) is 5.00. The summed E-state index contributed by atoms with van der Waals surface area (Å²) >= 11 is 5.11. The first-order chi connectivity index (χ1) is 9.52. The van der Waals surface area contributed by atoms with Gasteiger partial charge in [-0.25, -0.2) is 0 Å². The van der Waals surface area contributed by atoms with Crippen LogP contribution in [0.2, 0.25) is 0 Å². The van der Waals surface area contributed by atoms with E-state index in [0.717, 1.165) is 23.8 Å². The number of thiocarbonyl (C=S) groups is 1. The van der Waals surface area contributed by atoms with Gasteiger partial charge in [0.05, 0.1) is 12.7 Å². The minimum atomic E-state index is 0.392. The Morgan fingerprint density at radius 2 is 2.20 bits per heavy atom. The van der Waals surface area contributed by atoms with Crippen molar-refractivity contribution in [2.45, 2.75) is 39.3 Å². The average Bonchev–Trinajstić information content (AvgIpc) is 2.43. The average molecular weight is 292 g/mol. The smallest absolute Gasteiger partial charge is 0.129 e. The first-order valence-electron chi connectivity index (χ1n) is 7.23. The molecule has 0 amide bonds. The molecule has 0 spiro atoms. The van der Waals surface area contributed by atoms with Crippen LogP contribution in [0.15, 0.2) is 18.2 Å². The molecule has 1 aromatic carbocycles. The molecule has 4 heteroatoms. The van der Waals surface area contributed by atoms with E-state index in [1.54, 1.807) is 7.11 Å². The molecule has 0 saturated carbocycles. The van der Waals surface area contributed by atoms with E-state index in [2.05, 4.69) is 30.9 Å². The van der Waals surface area contributed by atoms with E-state index >= 15 is 0 Å². The number of nitrogens with two attached hydrogens (primary N) is 1. The van der Waals surface area contributed by atoms with Crippen molar-refractivity contribution < 1.29 is 4.74 Å². The topological polar surface area (TPSA) is 38.5 Å². The molecule has 0 bridgehead atoms. The summed E-state index contributed by atoms with van der Waals surface area (Å²) in [6.45, 7) is 6.78. The second-order valence-corrected chi connectivity index (χ2v) is 6.17. The number of likely N-dealkylation sites (tertiary alicyclic amines) is 1. The predicted octanol–water partition coefficient (Wildman–Crippen LogP) is 2.95. The van der Waals surface area contributed by atoms with Gasteiger partial charge >= 0.3 is 0 Å². The lowest BCUT2D eigenvalue weighted by Crippen LogP contribution is -2.41. The summed E-state index contributed by atoms with van der Waals surface area (Å²) in [7, 11) is 1.64. The van der Waals surface area contributed by atoms with Gasteiger partial charge < -0.3 is 10.5 Å². The monoisotopic (exact) mass is 292 g/mol. The van der Waals surface area contributed by atoms with Crippen LogP contribution in [0.1, 0.15) is 37.8 Å². The van der Waals surface area contributed by atoms with Crippen molar-refractivity contribution in [2.75, 3.05) is 13.7 Å². The fourth-order valence-corrected chi connectivity index (χ4v) is 3.08. The second-order valence-electron chi connectivity index (χ2n) is 5.73. The second kappa shape index (κ2) is 6.55. The standard InChI is InChI=1S/C16H24N2OS/c1-11-5-4-8-18(12(11)2)10-13-6-7-15(19-3)14(9-13)16(17)20/h6-7,9,11-12H,4-5,8,10H2,1-3H3,(H2,17,20). The van der Waals surface area contributed by atoms with E-state index in [9.17, 15) is 0 Å². The van der Waals surface area contributed by atoms with Crippen molar-refractivity contribution in [3.8, 4) is 5.75 Å². The molecule has 1 aromatic rings. The Hall–Kier alpha value is -1.13. The quantitative estimate of drug-likeness (QED) is 0.866. The van der Waals surface area contributed by atoms with Crippen molar-refractivity contribution in [3.63, 3.8) is 0 Å². The van der Waals surface area contributed by atoms with E-state index in [1.165, 1.54) is 24.9 Å². The van der Waals surface area contributed by atoms with Crippen molar-refractivity contribution in [1.82, 2.24) is 4.90 Å². The van der Waals surface area contributed by atoms with E-state index in [0.29, 0.717) is 11.0 Å². The number of hydrogen-bond acceptors (Lipinski definition) is 3. The largest absolute Gasteiger partial charge is 0.496 e. The molecular weight excluding hydrogens is 268 g/mol. The number of benzene rings is 1. The molecule has 0 radical (unpaired) electrons. The molecule has 1 fully saturated rings. The number of rotatable bonds is 4. The third-order valence-electron chi connectivity index (χ3n) is 4.42. The van der Waals surface area contributed by atoms with Gasteiger partial charge in [-0.3, -0.25) is 4.90 Å². The Morgan fingerprint density at radius 1 is 1.45 bits per heavy atom. The lowest BCUT2D eigenvalue weighted by Gasteiger charge is -2.38. The minimum absolute atomic E-state index is 0.392. The van der Waals surface area contributed by atoms with Gasteiger partial charge in [0.25, 0.3) is 0 Å². The normalized spacial score (nSPS) is 23.6. The van der Waals surface area contributed by atoms with Crippen LogP contribution in [0, 0.1) is 5.92 Å². The molecule has 3 nitrogen and oxygen atoms in total. The van der Waals surface area contributed by atoms with E-state index in [-0.39, 0.29) is 0 Å². The number of ether oxygens (including phenoxy) is 1. The summed E-state index contributed by atoms with van der Waals surface area (Å²) in [5.74, 6) is 1.51. The van der Waals surface area contributed by atoms with Gasteiger partial charge in [-0.1, -0.05) is 25.2 Å². The highest BCUT2D eigenvalue weighted by Gasteiger charge is 2.24. The van der Waals surface area contributed by atoms with Gasteiger partial charge in [-0.2, -0.15) is 0 Å². The number of piperidine rings is 1. The van der Waals surface area contributed by atoms with Gasteiger partial charge in [-0.05, 0) is 49.9 Å². The van der Waals surface area contributed by atoms with Gasteiger partial charge in [-0.15, -0.1) is 0 Å². The SMILES string of the molecule is COc1ccc(CN2CCCC(C)C2C)cc1C(N)=S. The molecule has 2 rings (SSSR count). The molecule has 2 N–H and O–H groups in total. The third kappa shape index (κ3) is 3.30. The van der Waals surface area contributed by atoms with Crippen molar-refractivity contribution in [1.29, 1.82) is 0 Å². The Balaban J connectivity index is 2.17. The van der Waals surface area contributed by atoms with E-state index in [1.807, 2.05) is 6.07 Å². The lowest BCUT2D eigenvalue weighted by atomic mass is 9.91. The van der Waals surface area contributed by atoms with Crippen LogP contribution < -0.4 is 10.5 Å². The third-order valence-corrected chi connectivity index (χ3v) is 4.64. The number of nitrogens with zero attached hydrogens (tertiary/aromatic N) is 1. The van der Waals surface area contributed by atoms with Crippen LogP contribution in [0.4, 0.5) is 0 Å². The first-order valence-corrected chi connectivity index (χ1v) is 7.64. The molecule has 0 aliphatic carbocycles. The highest BCUT2D eigenvalue weighted by Crippen LogP contribution is 2.26. The summed E-state index contributed by atoms with van der Waals surface area (Å²) in [6, 6.07) is 6.75. The molecule has 0 aromatic heterocycles. The fourth-order valence-electron chi connectivity index (χ4n) is 2.92. The van der Waals surface area contributed by atoms with Crippen LogP contribution >= 0.6 is 12.2 Å². The van der Waals surface area contributed by atoms with Crippen molar-refractivity contribution in [3.05, 3.63) is 29.3 Å². The predicted molar refractivity (Wildman–Crippen MR) is 87.2 cm³/mol. The molecule has 1 aliphatic heterocycles. The van der Waals surface area contributed by atoms with Crippen molar-refractivity contribution >= 4 is 17.2 Å². The maximum absolute atomic E-state index is 5.78. The number of methoxy groups -OCH3 is 1. The zero-order valence-electron chi connectivity index (χ0n) is 12.6. The zero-order chi connectivity index (χ0) is 14.7. The van der Waals surface area contributed by atoms with Gasteiger partial charge in [0.2, 0.25) is 0 Å². The molecule has 110 valence electrons. The highest BCUT2D eigenvalue weighted by molar-refractivity contribution is 7.80. The van der Waals surface area contributed by atoms with Crippen LogP contribution in [-0.4, -0.2) is 29.6 Å². The molecule has 1 heterocycles. The molecule has 1 saturated heterocycles. The molecular formula is C16H24N2OS. The minimum Gasteiger partial charge on any atom is -0.496 e. The summed E-state index contributed by atoms with van der Waals surface area (Å²) in [5, 5.41) is 0. The van der Waals surface area contributed by atoms with Crippen LogP contribution in [0.5, 0.6) is 5.75 Å². The van der Waals surface area contributed by atoms with Gasteiger partial charge in [0, 0.05) is 12.6 Å². The summed E-state index contributed by atoms with van der Waals surface area (Å²) in [4.78, 5) is 2.93. The molecule has 2 atom stereocenters. The fraction of sp³-hybridized carbons (Fsp3) is 0.562. The Morgan fingerprint density at radius 3 is 2.85 bits per heavy atom. The lowest BCUT2D eigenvalue weighted by molar-refractivity contribution is 0.106. The van der Waals surface area contributed by atoms with E-state index in [4.69, 9.17) is 22.7 Å². The number of hydrogen-bond donors (Lipinski definition) is 1. The van der Waals surface area contributed by atoms with Crippen LogP contribution in [0.25, 0.3) is 0 Å². The first kappa shape index (κ1) is 15.3. The Labute approximate surface area is 127 Å². The van der Waals surface area contributed by atoms with E-state index < -0.39 is 0 Å². The maximum Gasteiger partial charge on any atom is 0.129 e. The summed E-state index contributed by atoms with van der Waals surface area (Å²) in [6.07, 6.45) is 2.61. The molecule has 2 unspecified atom stereocenters. The van der Waals surface area contributed by atoms with Crippen LogP contribution in [0.3, 0.4) is 0 Å². The molecule has 20 heavy (non-hydrogen) atoms. The van der Waals surface area contributed by atoms with Crippen molar-refractivity contribution in [2.24, 2.45) is 11.7 Å². The Bertz CT molecular complexity index is 489. The summed E-state index contributed by atoms with van der Waals surface area (Å²) < 4.78 is 5.31. The summed E-state index contributed by atoms with van der Waals surface area (Å²) in [5.41, 5.74) is 7.86.